The number of nitrogens with zero attached hydrogens (tertiary/aromatic N) is 1. The van der Waals surface area contributed by atoms with Gasteiger partial charge in [0.25, 0.3) is 0 Å². The van der Waals surface area contributed by atoms with Crippen molar-refractivity contribution in [3.05, 3.63) is 41.5 Å². The van der Waals surface area contributed by atoms with Gasteiger partial charge in [0, 0.05) is 17.0 Å². The molecule has 0 amide bonds. The highest BCUT2D eigenvalue weighted by Crippen LogP contribution is 2.40. The summed E-state index contributed by atoms with van der Waals surface area (Å²) in [6, 6.07) is 9.24. The molecule has 142 valence electrons. The lowest BCUT2D eigenvalue weighted by Crippen LogP contribution is -2.15. The van der Waals surface area contributed by atoms with Crippen LogP contribution in [0.25, 0.3) is 22.2 Å². The summed E-state index contributed by atoms with van der Waals surface area (Å²) in [5.74, 6) is 1.68. The van der Waals surface area contributed by atoms with Crippen LogP contribution in [0.2, 0.25) is 0 Å². The second-order valence-electron chi connectivity index (χ2n) is 6.72. The maximum absolute atomic E-state index is 11.5. The second-order valence-corrected chi connectivity index (χ2v) is 6.72. The van der Waals surface area contributed by atoms with E-state index in [0.29, 0.717) is 47.5 Å². The van der Waals surface area contributed by atoms with E-state index in [9.17, 15) is 9.90 Å². The predicted octanol–water partition coefficient (Wildman–Crippen LogP) is 3.34. The molecule has 3 heterocycles. The molecule has 1 N–H and O–H groups in total. The van der Waals surface area contributed by atoms with Gasteiger partial charge in [0.1, 0.15) is 13.2 Å². The molecule has 2 aliphatic heterocycles. The third-order valence-corrected chi connectivity index (χ3v) is 5.01. The number of hydrogen-bond donors (Lipinski definition) is 1. The van der Waals surface area contributed by atoms with E-state index in [1.807, 2.05) is 37.3 Å². The number of ether oxygens (including phenoxy) is 4. The van der Waals surface area contributed by atoms with Gasteiger partial charge in [-0.2, -0.15) is 0 Å². The van der Waals surface area contributed by atoms with E-state index in [0.717, 1.165) is 22.0 Å². The molecule has 3 aromatic rings. The molecular weight excluding hydrogens is 362 g/mol. The van der Waals surface area contributed by atoms with Crippen LogP contribution in [0.1, 0.15) is 11.1 Å². The van der Waals surface area contributed by atoms with Crippen LogP contribution in [0.5, 0.6) is 23.0 Å². The minimum Gasteiger partial charge on any atom is -0.486 e. The molecule has 0 spiro atoms. The fourth-order valence-corrected chi connectivity index (χ4v) is 3.65. The van der Waals surface area contributed by atoms with Crippen molar-refractivity contribution < 1.29 is 28.8 Å². The molecule has 0 unspecified atom stereocenters. The molecule has 5 rings (SSSR count). The Morgan fingerprint density at radius 3 is 2.50 bits per heavy atom. The van der Waals surface area contributed by atoms with Crippen LogP contribution in [0.3, 0.4) is 0 Å². The summed E-state index contributed by atoms with van der Waals surface area (Å²) in [4.78, 5) is 16.3. The number of carboxylic acids is 1. The molecular formula is C21H17NO6. The van der Waals surface area contributed by atoms with Gasteiger partial charge in [-0.15, -0.1) is 0 Å². The molecule has 0 aliphatic carbocycles. The molecule has 7 nitrogen and oxygen atoms in total. The first-order valence-corrected chi connectivity index (χ1v) is 8.95. The fraction of sp³-hybridized carbons (Fsp3) is 0.238. The number of pyridine rings is 1. The Balaban J connectivity index is 1.74. The number of aryl methyl sites for hydroxylation is 1. The molecule has 2 aromatic carbocycles. The van der Waals surface area contributed by atoms with Gasteiger partial charge in [0.2, 0.25) is 6.79 Å². The zero-order valence-electron chi connectivity index (χ0n) is 15.2. The summed E-state index contributed by atoms with van der Waals surface area (Å²) in [5.41, 5.74) is 3.64. The Labute approximate surface area is 160 Å². The second kappa shape index (κ2) is 6.30. The van der Waals surface area contributed by atoms with Gasteiger partial charge in [-0.3, -0.25) is 4.79 Å². The van der Waals surface area contributed by atoms with Gasteiger partial charge >= 0.3 is 5.97 Å². The van der Waals surface area contributed by atoms with Gasteiger partial charge in [-0.25, -0.2) is 4.98 Å². The first-order chi connectivity index (χ1) is 13.6. The van der Waals surface area contributed by atoms with Crippen molar-refractivity contribution in [2.45, 2.75) is 13.3 Å². The van der Waals surface area contributed by atoms with E-state index in [1.165, 1.54) is 0 Å². The monoisotopic (exact) mass is 379 g/mol. The lowest BCUT2D eigenvalue weighted by molar-refractivity contribution is -0.136. The average Bonchev–Trinajstić information content (AvgIpc) is 3.15. The van der Waals surface area contributed by atoms with Crippen molar-refractivity contribution in [2.24, 2.45) is 0 Å². The average molecular weight is 379 g/mol. The molecule has 0 saturated carbocycles. The van der Waals surface area contributed by atoms with Crippen LogP contribution in [-0.4, -0.2) is 36.1 Å². The van der Waals surface area contributed by atoms with Crippen LogP contribution in [0.15, 0.2) is 30.3 Å². The van der Waals surface area contributed by atoms with Gasteiger partial charge in [-0.1, -0.05) is 0 Å². The SMILES string of the molecule is Cc1c(CC(=O)O)c(-c2ccc3c(c2)OCCO3)nc2cc3c(cc12)OCO3. The van der Waals surface area contributed by atoms with E-state index in [1.54, 1.807) is 0 Å². The highest BCUT2D eigenvalue weighted by molar-refractivity contribution is 5.91. The van der Waals surface area contributed by atoms with Crippen molar-refractivity contribution in [1.29, 1.82) is 0 Å². The van der Waals surface area contributed by atoms with Gasteiger partial charge in [-0.05, 0) is 42.3 Å². The number of rotatable bonds is 3. The van der Waals surface area contributed by atoms with Crippen molar-refractivity contribution in [3.8, 4) is 34.3 Å². The number of hydrogen-bond acceptors (Lipinski definition) is 6. The Bertz CT molecular complexity index is 1120. The highest BCUT2D eigenvalue weighted by Gasteiger charge is 2.22. The molecule has 0 bridgehead atoms. The molecule has 28 heavy (non-hydrogen) atoms. The molecule has 0 fully saturated rings. The van der Waals surface area contributed by atoms with Crippen LogP contribution in [-0.2, 0) is 11.2 Å². The molecule has 7 heteroatoms. The van der Waals surface area contributed by atoms with Gasteiger partial charge in [0.05, 0.1) is 17.6 Å². The Morgan fingerprint density at radius 1 is 1.00 bits per heavy atom. The number of carboxylic acid groups (broad SMARTS) is 1. The number of carbonyl (C=O) groups is 1. The molecule has 0 saturated heterocycles. The smallest absolute Gasteiger partial charge is 0.307 e. The molecule has 0 radical (unpaired) electrons. The van der Waals surface area contributed by atoms with Crippen LogP contribution < -0.4 is 18.9 Å². The minimum absolute atomic E-state index is 0.132. The lowest BCUT2D eigenvalue weighted by atomic mass is 9.95. The normalized spacial score (nSPS) is 14.3. The standard InChI is InChI=1S/C21H17NO6/c1-11-13-7-18-19(28-10-27-18)9-15(13)22-21(14(11)8-20(23)24)12-2-3-16-17(6-12)26-5-4-25-16/h2-3,6-7,9H,4-5,8,10H2,1H3,(H,23,24). The van der Waals surface area contributed by atoms with Crippen LogP contribution in [0.4, 0.5) is 0 Å². The summed E-state index contributed by atoms with van der Waals surface area (Å²) in [6.07, 6.45) is -0.132. The summed E-state index contributed by atoms with van der Waals surface area (Å²) in [7, 11) is 0. The minimum atomic E-state index is -0.913. The van der Waals surface area contributed by atoms with Gasteiger partial charge < -0.3 is 24.1 Å². The third kappa shape index (κ3) is 2.67. The van der Waals surface area contributed by atoms with E-state index in [2.05, 4.69) is 0 Å². The summed E-state index contributed by atoms with van der Waals surface area (Å²) < 4.78 is 22.2. The number of benzene rings is 2. The van der Waals surface area contributed by atoms with Crippen LogP contribution >= 0.6 is 0 Å². The van der Waals surface area contributed by atoms with E-state index in [4.69, 9.17) is 23.9 Å². The quantitative estimate of drug-likeness (QED) is 0.747. The highest BCUT2D eigenvalue weighted by atomic mass is 16.7. The Kier molecular flexibility index (Phi) is 3.75. The zero-order chi connectivity index (χ0) is 19.3. The van der Waals surface area contributed by atoms with Gasteiger partial charge in [0.15, 0.2) is 23.0 Å². The van der Waals surface area contributed by atoms with Crippen LogP contribution in [0, 0.1) is 6.92 Å². The Hall–Kier alpha value is -3.48. The van der Waals surface area contributed by atoms with Crippen molar-refractivity contribution in [3.63, 3.8) is 0 Å². The molecule has 0 atom stereocenters. The van der Waals surface area contributed by atoms with Crippen molar-refractivity contribution >= 4 is 16.9 Å². The van der Waals surface area contributed by atoms with E-state index < -0.39 is 5.97 Å². The summed E-state index contributed by atoms with van der Waals surface area (Å²) in [6.45, 7) is 3.07. The van der Waals surface area contributed by atoms with Crippen molar-refractivity contribution in [2.75, 3.05) is 20.0 Å². The number of aromatic nitrogens is 1. The van der Waals surface area contributed by atoms with E-state index >= 15 is 0 Å². The van der Waals surface area contributed by atoms with Crippen molar-refractivity contribution in [1.82, 2.24) is 4.98 Å². The largest absolute Gasteiger partial charge is 0.486 e. The lowest BCUT2D eigenvalue weighted by Gasteiger charge is -2.20. The Morgan fingerprint density at radius 2 is 1.71 bits per heavy atom. The predicted molar refractivity (Wildman–Crippen MR) is 100 cm³/mol. The summed E-state index contributed by atoms with van der Waals surface area (Å²) in [5, 5.41) is 10.3. The first kappa shape index (κ1) is 16.7. The molecule has 2 aliphatic rings. The maximum Gasteiger partial charge on any atom is 0.307 e. The number of fused-ring (bicyclic) bond motifs is 3. The number of aliphatic carboxylic acids is 1. The topological polar surface area (TPSA) is 87.1 Å². The summed E-state index contributed by atoms with van der Waals surface area (Å²) >= 11 is 0. The molecule has 1 aromatic heterocycles. The zero-order valence-corrected chi connectivity index (χ0v) is 15.2. The van der Waals surface area contributed by atoms with E-state index in [-0.39, 0.29) is 13.2 Å². The third-order valence-electron chi connectivity index (χ3n) is 5.01. The maximum atomic E-state index is 11.5. The fourth-order valence-electron chi connectivity index (χ4n) is 3.65. The first-order valence-electron chi connectivity index (χ1n) is 8.95.